The standard InChI is InChI=1S/C23H25N3OS2/c27-23-21-19(10-16-29-21)24-22(26(23)14-13-25-11-2-1-3-12-25)18-8-6-17(7-9-18)20-5-4-15-28-20/h5-10,16H,1-4,11-15H2. The molecule has 0 atom stereocenters. The Morgan fingerprint density at radius 3 is 2.52 bits per heavy atom. The third kappa shape index (κ3) is 3.93. The molecule has 29 heavy (non-hydrogen) atoms. The number of benzene rings is 1. The summed E-state index contributed by atoms with van der Waals surface area (Å²) in [5.41, 5.74) is 3.17. The molecule has 3 aromatic rings. The minimum absolute atomic E-state index is 0.0927. The van der Waals surface area contributed by atoms with Crippen LogP contribution in [0.15, 0.2) is 46.6 Å². The maximum atomic E-state index is 13.2. The largest absolute Gasteiger partial charge is 0.302 e. The molecule has 5 rings (SSSR count). The highest BCUT2D eigenvalue weighted by Gasteiger charge is 2.17. The number of fused-ring (bicyclic) bond motifs is 1. The number of nitrogens with zero attached hydrogens (tertiary/aromatic N) is 3. The van der Waals surface area contributed by atoms with Gasteiger partial charge in [-0.2, -0.15) is 0 Å². The summed E-state index contributed by atoms with van der Waals surface area (Å²) in [5.74, 6) is 1.96. The molecule has 0 aliphatic carbocycles. The number of thioether (sulfide) groups is 1. The van der Waals surface area contributed by atoms with Gasteiger partial charge in [-0.25, -0.2) is 4.98 Å². The Bertz CT molecular complexity index is 1090. The van der Waals surface area contributed by atoms with Crippen LogP contribution in [-0.2, 0) is 6.54 Å². The van der Waals surface area contributed by atoms with Gasteiger partial charge in [0.25, 0.3) is 5.56 Å². The average Bonchev–Trinajstić information content (AvgIpc) is 3.46. The summed E-state index contributed by atoms with van der Waals surface area (Å²) in [5, 5.41) is 1.96. The minimum atomic E-state index is 0.0927. The number of hydrogen-bond acceptors (Lipinski definition) is 5. The van der Waals surface area contributed by atoms with Crippen molar-refractivity contribution in [2.24, 2.45) is 0 Å². The Morgan fingerprint density at radius 2 is 1.76 bits per heavy atom. The SMILES string of the molecule is O=c1c2sccc2nc(-c2ccc(C3=CCCS3)cc2)n1CCN1CCCCC1. The lowest BCUT2D eigenvalue weighted by atomic mass is 10.1. The number of likely N-dealkylation sites (tertiary alicyclic amines) is 1. The zero-order valence-corrected chi connectivity index (χ0v) is 18.1. The third-order valence-corrected chi connectivity index (χ3v) is 7.83. The normalized spacial score (nSPS) is 17.7. The second-order valence-corrected chi connectivity index (χ2v) is 9.77. The molecule has 0 N–H and O–H groups in total. The highest BCUT2D eigenvalue weighted by atomic mass is 32.2. The molecule has 0 radical (unpaired) electrons. The highest BCUT2D eigenvalue weighted by Crippen LogP contribution is 2.34. The van der Waals surface area contributed by atoms with Crippen LogP contribution in [0.5, 0.6) is 0 Å². The van der Waals surface area contributed by atoms with Crippen LogP contribution in [0.25, 0.3) is 26.5 Å². The van der Waals surface area contributed by atoms with Gasteiger partial charge in [0.2, 0.25) is 0 Å². The van der Waals surface area contributed by atoms with Gasteiger partial charge in [0, 0.05) is 29.3 Å². The van der Waals surface area contributed by atoms with Crippen LogP contribution in [-0.4, -0.2) is 39.8 Å². The maximum Gasteiger partial charge on any atom is 0.271 e. The Hall–Kier alpha value is -1.89. The number of piperidine rings is 1. The van der Waals surface area contributed by atoms with Gasteiger partial charge in [-0.3, -0.25) is 9.36 Å². The molecule has 1 aromatic carbocycles. The fourth-order valence-electron chi connectivity index (χ4n) is 4.20. The first kappa shape index (κ1) is 19.1. The average molecular weight is 424 g/mol. The molecular formula is C23H25N3OS2. The molecule has 2 aliphatic rings. The lowest BCUT2D eigenvalue weighted by molar-refractivity contribution is 0.220. The first-order valence-corrected chi connectivity index (χ1v) is 12.3. The molecule has 2 aliphatic heterocycles. The fraction of sp³-hybridized carbons (Fsp3) is 0.391. The van der Waals surface area contributed by atoms with E-state index in [1.165, 1.54) is 46.8 Å². The summed E-state index contributed by atoms with van der Waals surface area (Å²) in [6.07, 6.45) is 7.31. The van der Waals surface area contributed by atoms with Crippen LogP contribution in [0.3, 0.4) is 0 Å². The number of rotatable bonds is 5. The summed E-state index contributed by atoms with van der Waals surface area (Å²) >= 11 is 3.41. The molecule has 1 fully saturated rings. The highest BCUT2D eigenvalue weighted by molar-refractivity contribution is 8.08. The molecular weight excluding hydrogens is 398 g/mol. The van der Waals surface area contributed by atoms with Crippen LogP contribution in [0.1, 0.15) is 31.2 Å². The number of allylic oxidation sites excluding steroid dienone is 1. The zero-order chi connectivity index (χ0) is 19.6. The monoisotopic (exact) mass is 423 g/mol. The van der Waals surface area contributed by atoms with Crippen LogP contribution >= 0.6 is 23.1 Å². The van der Waals surface area contributed by atoms with E-state index < -0.39 is 0 Å². The van der Waals surface area contributed by atoms with Gasteiger partial charge in [-0.1, -0.05) is 36.8 Å². The molecule has 0 spiro atoms. The van der Waals surface area contributed by atoms with Gasteiger partial charge in [0.05, 0.1) is 5.52 Å². The van der Waals surface area contributed by atoms with E-state index in [1.807, 2.05) is 27.8 Å². The van der Waals surface area contributed by atoms with Crippen LogP contribution < -0.4 is 5.56 Å². The smallest absolute Gasteiger partial charge is 0.271 e. The Balaban J connectivity index is 1.50. The van der Waals surface area contributed by atoms with E-state index in [-0.39, 0.29) is 5.56 Å². The maximum absolute atomic E-state index is 13.2. The molecule has 1 saturated heterocycles. The summed E-state index contributed by atoms with van der Waals surface area (Å²) in [4.78, 5) is 22.0. The van der Waals surface area contributed by atoms with Crippen molar-refractivity contribution in [3.63, 3.8) is 0 Å². The predicted molar refractivity (Wildman–Crippen MR) is 125 cm³/mol. The first-order valence-electron chi connectivity index (χ1n) is 10.4. The van der Waals surface area contributed by atoms with E-state index in [1.54, 1.807) is 0 Å². The molecule has 6 heteroatoms. The van der Waals surface area contributed by atoms with Gasteiger partial charge in [0.1, 0.15) is 10.5 Å². The van der Waals surface area contributed by atoms with Crippen molar-refractivity contribution in [3.8, 4) is 11.4 Å². The van der Waals surface area contributed by atoms with E-state index in [0.717, 1.165) is 47.7 Å². The number of aromatic nitrogens is 2. The van der Waals surface area contributed by atoms with Gasteiger partial charge in [-0.05, 0) is 49.4 Å². The summed E-state index contributed by atoms with van der Waals surface area (Å²) in [6, 6.07) is 10.5. The third-order valence-electron chi connectivity index (χ3n) is 5.79. The predicted octanol–water partition coefficient (Wildman–Crippen LogP) is 5.09. The summed E-state index contributed by atoms with van der Waals surface area (Å²) < 4.78 is 2.66. The van der Waals surface area contributed by atoms with Gasteiger partial charge >= 0.3 is 0 Å². The van der Waals surface area contributed by atoms with Crippen molar-refractivity contribution >= 4 is 38.2 Å². The lowest BCUT2D eigenvalue weighted by Gasteiger charge is -2.27. The van der Waals surface area contributed by atoms with E-state index in [0.29, 0.717) is 6.54 Å². The van der Waals surface area contributed by atoms with E-state index in [4.69, 9.17) is 4.98 Å². The second kappa shape index (κ2) is 8.46. The Kier molecular flexibility index (Phi) is 5.57. The van der Waals surface area contributed by atoms with Crippen molar-refractivity contribution in [2.45, 2.75) is 32.2 Å². The molecule has 2 aromatic heterocycles. The summed E-state index contributed by atoms with van der Waals surface area (Å²) in [7, 11) is 0. The van der Waals surface area contributed by atoms with E-state index in [9.17, 15) is 4.79 Å². The lowest BCUT2D eigenvalue weighted by Crippen LogP contribution is -2.35. The summed E-state index contributed by atoms with van der Waals surface area (Å²) in [6.45, 7) is 3.88. The number of hydrogen-bond donors (Lipinski definition) is 0. The van der Waals surface area contributed by atoms with Crippen molar-refractivity contribution in [1.29, 1.82) is 0 Å². The topological polar surface area (TPSA) is 38.1 Å². The molecule has 0 unspecified atom stereocenters. The first-order chi connectivity index (χ1) is 14.3. The fourth-order valence-corrected chi connectivity index (χ4v) is 5.97. The van der Waals surface area contributed by atoms with Crippen molar-refractivity contribution < 1.29 is 0 Å². The van der Waals surface area contributed by atoms with Gasteiger partial charge in [-0.15, -0.1) is 23.1 Å². The van der Waals surface area contributed by atoms with Crippen molar-refractivity contribution in [1.82, 2.24) is 14.5 Å². The number of thiophene rings is 1. The molecule has 150 valence electrons. The van der Waals surface area contributed by atoms with Gasteiger partial charge in [0.15, 0.2) is 0 Å². The van der Waals surface area contributed by atoms with Crippen molar-refractivity contribution in [2.75, 3.05) is 25.4 Å². The van der Waals surface area contributed by atoms with E-state index >= 15 is 0 Å². The van der Waals surface area contributed by atoms with Crippen LogP contribution in [0.2, 0.25) is 0 Å². The molecule has 0 saturated carbocycles. The molecule has 4 nitrogen and oxygen atoms in total. The van der Waals surface area contributed by atoms with Gasteiger partial charge < -0.3 is 4.90 Å². The Morgan fingerprint density at radius 1 is 0.966 bits per heavy atom. The molecule has 0 amide bonds. The van der Waals surface area contributed by atoms with Crippen molar-refractivity contribution in [3.05, 3.63) is 57.7 Å². The minimum Gasteiger partial charge on any atom is -0.302 e. The zero-order valence-electron chi connectivity index (χ0n) is 16.5. The van der Waals surface area contributed by atoms with Crippen LogP contribution in [0.4, 0.5) is 0 Å². The Labute approximate surface area is 179 Å². The van der Waals surface area contributed by atoms with Crippen LogP contribution in [0, 0.1) is 0 Å². The molecule has 0 bridgehead atoms. The van der Waals surface area contributed by atoms with E-state index in [2.05, 4.69) is 35.2 Å². The second-order valence-electron chi connectivity index (χ2n) is 7.71. The quantitative estimate of drug-likeness (QED) is 0.573. The molecule has 4 heterocycles.